The number of H-pyrrole nitrogens is 1. The fourth-order valence-electron chi connectivity index (χ4n) is 4.42. The zero-order valence-electron chi connectivity index (χ0n) is 16.8. The molecule has 1 atom stereocenters. The van der Waals surface area contributed by atoms with E-state index < -0.39 is 6.04 Å². The SMILES string of the molecule is CCOC(=O)[C@@H](Cc1cc2ccc(F)cc2[nH]1)N1Cc2cc3ccccc3cc2C1. The van der Waals surface area contributed by atoms with Crippen molar-refractivity contribution in [1.82, 2.24) is 9.88 Å². The highest BCUT2D eigenvalue weighted by Gasteiger charge is 2.32. The summed E-state index contributed by atoms with van der Waals surface area (Å²) in [6, 6.07) is 19.0. The molecule has 4 nitrogen and oxygen atoms in total. The van der Waals surface area contributed by atoms with Gasteiger partial charge >= 0.3 is 5.97 Å². The molecule has 0 amide bonds. The number of carbonyl (C=O) groups is 1. The number of benzene rings is 3. The van der Waals surface area contributed by atoms with Crippen LogP contribution in [0.15, 0.2) is 60.7 Å². The number of hydrogen-bond acceptors (Lipinski definition) is 3. The molecule has 0 radical (unpaired) electrons. The molecule has 1 aliphatic rings. The minimum atomic E-state index is -0.404. The van der Waals surface area contributed by atoms with Crippen LogP contribution in [0.3, 0.4) is 0 Å². The summed E-state index contributed by atoms with van der Waals surface area (Å²) in [5.74, 6) is -0.500. The molecular formula is C25H23FN2O2. The molecule has 0 saturated carbocycles. The Morgan fingerprint density at radius 2 is 1.73 bits per heavy atom. The number of nitrogens with zero attached hydrogens (tertiary/aromatic N) is 1. The second kappa shape index (κ2) is 7.58. The van der Waals surface area contributed by atoms with Crippen molar-refractivity contribution in [2.45, 2.75) is 32.5 Å². The molecule has 0 unspecified atom stereocenters. The van der Waals surface area contributed by atoms with Gasteiger partial charge in [0.1, 0.15) is 11.9 Å². The quantitative estimate of drug-likeness (QED) is 0.481. The van der Waals surface area contributed by atoms with Gasteiger partial charge in [-0.2, -0.15) is 0 Å². The summed E-state index contributed by atoms with van der Waals surface area (Å²) in [7, 11) is 0. The van der Waals surface area contributed by atoms with Crippen LogP contribution in [-0.4, -0.2) is 28.5 Å². The van der Waals surface area contributed by atoms with Gasteiger partial charge in [-0.25, -0.2) is 4.39 Å². The van der Waals surface area contributed by atoms with Crippen molar-refractivity contribution in [3.05, 3.63) is 83.3 Å². The normalized spacial score (nSPS) is 14.9. The molecule has 1 aromatic heterocycles. The third kappa shape index (κ3) is 3.46. The van der Waals surface area contributed by atoms with E-state index >= 15 is 0 Å². The highest BCUT2D eigenvalue weighted by Crippen LogP contribution is 2.30. The van der Waals surface area contributed by atoms with Gasteiger partial charge in [-0.05, 0) is 70.6 Å². The topological polar surface area (TPSA) is 45.3 Å². The Bertz CT molecular complexity index is 1200. The molecule has 1 N–H and O–H groups in total. The monoisotopic (exact) mass is 402 g/mol. The van der Waals surface area contributed by atoms with Gasteiger partial charge in [0.05, 0.1) is 6.61 Å². The Morgan fingerprint density at radius 3 is 2.40 bits per heavy atom. The maximum Gasteiger partial charge on any atom is 0.323 e. The van der Waals surface area contributed by atoms with Crippen LogP contribution in [0.2, 0.25) is 0 Å². The lowest BCUT2D eigenvalue weighted by molar-refractivity contribution is -0.149. The van der Waals surface area contributed by atoms with Gasteiger partial charge in [0.25, 0.3) is 0 Å². The molecule has 0 aliphatic carbocycles. The third-order valence-electron chi connectivity index (χ3n) is 5.87. The van der Waals surface area contributed by atoms with E-state index in [1.54, 1.807) is 6.07 Å². The Kier molecular flexibility index (Phi) is 4.75. The number of aromatic nitrogens is 1. The van der Waals surface area contributed by atoms with E-state index in [0.29, 0.717) is 26.1 Å². The Morgan fingerprint density at radius 1 is 1.03 bits per heavy atom. The van der Waals surface area contributed by atoms with Crippen LogP contribution in [0.4, 0.5) is 4.39 Å². The number of carbonyl (C=O) groups excluding carboxylic acids is 1. The van der Waals surface area contributed by atoms with Gasteiger partial charge in [-0.3, -0.25) is 9.69 Å². The molecule has 4 aromatic rings. The first-order chi connectivity index (χ1) is 14.6. The highest BCUT2D eigenvalue weighted by atomic mass is 19.1. The first-order valence-corrected chi connectivity index (χ1v) is 10.3. The van der Waals surface area contributed by atoms with E-state index in [-0.39, 0.29) is 11.8 Å². The zero-order valence-corrected chi connectivity index (χ0v) is 16.8. The standard InChI is InChI=1S/C25H23FN2O2/c1-2-30-25(29)24(13-22-11-18-7-8-21(26)12-23(18)27-22)28-14-19-9-16-5-3-4-6-17(16)10-20(19)15-28/h3-12,24,27H,2,13-15H2,1H3/t24-/m1/s1. The first-order valence-electron chi connectivity index (χ1n) is 10.3. The van der Waals surface area contributed by atoms with Crippen molar-refractivity contribution in [2.24, 2.45) is 0 Å². The maximum absolute atomic E-state index is 13.6. The van der Waals surface area contributed by atoms with Crippen LogP contribution in [0.25, 0.3) is 21.7 Å². The van der Waals surface area contributed by atoms with Gasteiger partial charge in [0, 0.05) is 30.7 Å². The van der Waals surface area contributed by atoms with Crippen molar-refractivity contribution in [3.8, 4) is 0 Å². The first kappa shape index (κ1) is 18.8. The average Bonchev–Trinajstić information content (AvgIpc) is 3.32. The molecule has 0 spiro atoms. The van der Waals surface area contributed by atoms with Gasteiger partial charge in [-0.1, -0.05) is 24.3 Å². The summed E-state index contributed by atoms with van der Waals surface area (Å²) in [5.41, 5.74) is 4.14. The summed E-state index contributed by atoms with van der Waals surface area (Å²) in [5, 5.41) is 3.36. The number of fused-ring (bicyclic) bond motifs is 3. The predicted octanol–water partition coefficient (Wildman–Crippen LogP) is 4.95. The second-order valence-corrected chi connectivity index (χ2v) is 7.87. The lowest BCUT2D eigenvalue weighted by atomic mass is 10.0. The van der Waals surface area contributed by atoms with E-state index in [1.807, 2.05) is 25.1 Å². The fraction of sp³-hybridized carbons (Fsp3) is 0.240. The van der Waals surface area contributed by atoms with Gasteiger partial charge in [0.15, 0.2) is 0 Å². The average molecular weight is 402 g/mol. The Labute approximate surface area is 174 Å². The van der Waals surface area contributed by atoms with Crippen molar-refractivity contribution >= 4 is 27.6 Å². The van der Waals surface area contributed by atoms with Crippen LogP contribution in [0.1, 0.15) is 23.7 Å². The van der Waals surface area contributed by atoms with Crippen molar-refractivity contribution in [3.63, 3.8) is 0 Å². The number of esters is 1. The lowest BCUT2D eigenvalue weighted by Gasteiger charge is -2.25. The van der Waals surface area contributed by atoms with Gasteiger partial charge < -0.3 is 9.72 Å². The van der Waals surface area contributed by atoms with Gasteiger partial charge in [0.2, 0.25) is 0 Å². The summed E-state index contributed by atoms with van der Waals surface area (Å²) in [6.45, 7) is 3.58. The van der Waals surface area contributed by atoms with Crippen LogP contribution in [0, 0.1) is 5.82 Å². The Balaban J connectivity index is 1.44. The third-order valence-corrected chi connectivity index (χ3v) is 5.87. The van der Waals surface area contributed by atoms with Crippen molar-refractivity contribution < 1.29 is 13.9 Å². The molecule has 1 aliphatic heterocycles. The fourth-order valence-corrected chi connectivity index (χ4v) is 4.42. The molecule has 0 fully saturated rings. The molecule has 5 heteroatoms. The number of ether oxygens (including phenoxy) is 1. The molecule has 2 heterocycles. The summed E-state index contributed by atoms with van der Waals surface area (Å²) < 4.78 is 19.0. The number of nitrogens with one attached hydrogen (secondary N) is 1. The van der Waals surface area contributed by atoms with Gasteiger partial charge in [-0.15, -0.1) is 0 Å². The predicted molar refractivity (Wildman–Crippen MR) is 116 cm³/mol. The zero-order chi connectivity index (χ0) is 20.7. The molecule has 3 aromatic carbocycles. The van der Waals surface area contributed by atoms with Crippen molar-refractivity contribution in [2.75, 3.05) is 6.61 Å². The number of rotatable bonds is 5. The van der Waals surface area contributed by atoms with Crippen LogP contribution >= 0.6 is 0 Å². The van der Waals surface area contributed by atoms with Crippen molar-refractivity contribution in [1.29, 1.82) is 0 Å². The lowest BCUT2D eigenvalue weighted by Crippen LogP contribution is -2.40. The number of hydrogen-bond donors (Lipinski definition) is 1. The molecule has 0 bridgehead atoms. The smallest absolute Gasteiger partial charge is 0.323 e. The maximum atomic E-state index is 13.6. The van der Waals surface area contributed by atoms with E-state index in [4.69, 9.17) is 4.74 Å². The van der Waals surface area contributed by atoms with E-state index in [9.17, 15) is 9.18 Å². The molecular weight excluding hydrogens is 379 g/mol. The Hall–Kier alpha value is -3.18. The van der Waals surface area contributed by atoms with E-state index in [1.165, 1.54) is 34.0 Å². The summed E-state index contributed by atoms with van der Waals surface area (Å²) >= 11 is 0. The summed E-state index contributed by atoms with van der Waals surface area (Å²) in [6.07, 6.45) is 0.489. The van der Waals surface area contributed by atoms with Crippen LogP contribution in [-0.2, 0) is 29.0 Å². The largest absolute Gasteiger partial charge is 0.465 e. The van der Waals surface area contributed by atoms with E-state index in [2.05, 4.69) is 34.1 Å². The number of aromatic amines is 1. The highest BCUT2D eigenvalue weighted by molar-refractivity contribution is 5.85. The minimum absolute atomic E-state index is 0.223. The second-order valence-electron chi connectivity index (χ2n) is 7.87. The molecule has 30 heavy (non-hydrogen) atoms. The minimum Gasteiger partial charge on any atom is -0.465 e. The number of halogens is 1. The van der Waals surface area contributed by atoms with Crippen LogP contribution in [0.5, 0.6) is 0 Å². The molecule has 152 valence electrons. The molecule has 5 rings (SSSR count). The summed E-state index contributed by atoms with van der Waals surface area (Å²) in [4.78, 5) is 18.3. The molecule has 0 saturated heterocycles. The van der Waals surface area contributed by atoms with E-state index in [0.717, 1.165) is 16.6 Å². The van der Waals surface area contributed by atoms with Crippen LogP contribution < -0.4 is 0 Å².